The molecule has 0 fully saturated rings. The number of aromatic nitrogens is 4. The van der Waals surface area contributed by atoms with Gasteiger partial charge in [-0.25, -0.2) is 0 Å². The number of amides is 2. The minimum absolute atomic E-state index is 0.127. The van der Waals surface area contributed by atoms with E-state index in [0.29, 0.717) is 22.4 Å². The second kappa shape index (κ2) is 9.53. The van der Waals surface area contributed by atoms with Crippen LogP contribution in [0.25, 0.3) is 5.69 Å². The van der Waals surface area contributed by atoms with E-state index in [2.05, 4.69) is 40.0 Å². The van der Waals surface area contributed by atoms with E-state index in [4.69, 9.17) is 0 Å². The maximum atomic E-state index is 12.6. The summed E-state index contributed by atoms with van der Waals surface area (Å²) in [6.07, 6.45) is 0. The van der Waals surface area contributed by atoms with Gasteiger partial charge < -0.3 is 10.6 Å². The van der Waals surface area contributed by atoms with E-state index in [-0.39, 0.29) is 17.6 Å². The first-order valence-electron chi connectivity index (χ1n) is 9.53. The van der Waals surface area contributed by atoms with Crippen LogP contribution in [0.3, 0.4) is 0 Å². The number of carbonyl (C=O) groups excluding carboxylic acids is 2. The molecule has 0 aliphatic carbocycles. The molecule has 1 aromatic heterocycles. The van der Waals surface area contributed by atoms with E-state index in [1.165, 1.54) is 23.4 Å². The standard InChI is InChI=1S/C21H24N6O2S/c1-13(2)18-10-5-7-14(3)20(18)23-19(29)12-30-21-24-25-26-27(21)17-9-6-8-16(11-17)22-15(4)28/h5-11,13H,12H2,1-4H3,(H,22,28)(H,23,29). The third-order valence-electron chi connectivity index (χ3n) is 4.38. The van der Waals surface area contributed by atoms with Gasteiger partial charge in [-0.2, -0.15) is 4.68 Å². The Kier molecular flexibility index (Phi) is 6.83. The van der Waals surface area contributed by atoms with Crippen molar-refractivity contribution in [2.45, 2.75) is 38.8 Å². The van der Waals surface area contributed by atoms with Crippen LogP contribution >= 0.6 is 11.8 Å². The van der Waals surface area contributed by atoms with Crippen molar-refractivity contribution in [1.29, 1.82) is 0 Å². The summed E-state index contributed by atoms with van der Waals surface area (Å²) in [6.45, 7) is 7.63. The van der Waals surface area contributed by atoms with Gasteiger partial charge in [-0.15, -0.1) is 5.10 Å². The highest BCUT2D eigenvalue weighted by molar-refractivity contribution is 7.99. The number of tetrazole rings is 1. The molecule has 9 heteroatoms. The van der Waals surface area contributed by atoms with Crippen LogP contribution in [0, 0.1) is 6.92 Å². The molecule has 0 radical (unpaired) electrons. The topological polar surface area (TPSA) is 102 Å². The molecular formula is C21H24N6O2S. The van der Waals surface area contributed by atoms with Crippen molar-refractivity contribution in [2.75, 3.05) is 16.4 Å². The molecule has 0 aliphatic rings. The second-order valence-corrected chi connectivity index (χ2v) is 8.08. The fourth-order valence-electron chi connectivity index (χ4n) is 3.00. The normalized spacial score (nSPS) is 10.8. The summed E-state index contributed by atoms with van der Waals surface area (Å²) in [5.41, 5.74) is 4.33. The summed E-state index contributed by atoms with van der Waals surface area (Å²) in [7, 11) is 0. The van der Waals surface area contributed by atoms with Gasteiger partial charge in [0.1, 0.15) is 0 Å². The first kappa shape index (κ1) is 21.5. The molecule has 1 heterocycles. The molecule has 0 bridgehead atoms. The van der Waals surface area contributed by atoms with Crippen molar-refractivity contribution >= 4 is 35.0 Å². The van der Waals surface area contributed by atoms with Crippen LogP contribution in [-0.2, 0) is 9.59 Å². The molecule has 8 nitrogen and oxygen atoms in total. The molecule has 2 N–H and O–H groups in total. The van der Waals surface area contributed by atoms with Crippen molar-refractivity contribution in [3.8, 4) is 5.69 Å². The van der Waals surface area contributed by atoms with Crippen LogP contribution in [-0.4, -0.2) is 37.8 Å². The number of nitrogens with one attached hydrogen (secondary N) is 2. The van der Waals surface area contributed by atoms with Gasteiger partial charge in [0.2, 0.25) is 17.0 Å². The van der Waals surface area contributed by atoms with Gasteiger partial charge in [0.05, 0.1) is 11.4 Å². The highest BCUT2D eigenvalue weighted by Gasteiger charge is 2.15. The van der Waals surface area contributed by atoms with Gasteiger partial charge in [0, 0.05) is 18.3 Å². The van der Waals surface area contributed by atoms with Gasteiger partial charge in [-0.3, -0.25) is 9.59 Å². The van der Waals surface area contributed by atoms with E-state index in [0.717, 1.165) is 16.8 Å². The highest BCUT2D eigenvalue weighted by Crippen LogP contribution is 2.28. The average Bonchev–Trinajstić information content (AvgIpc) is 3.16. The molecule has 2 aromatic carbocycles. The predicted molar refractivity (Wildman–Crippen MR) is 118 cm³/mol. The zero-order valence-electron chi connectivity index (χ0n) is 17.3. The van der Waals surface area contributed by atoms with Crippen LogP contribution in [0.2, 0.25) is 0 Å². The molecule has 0 atom stereocenters. The van der Waals surface area contributed by atoms with E-state index in [1.54, 1.807) is 18.2 Å². The maximum Gasteiger partial charge on any atom is 0.234 e. The summed E-state index contributed by atoms with van der Waals surface area (Å²) >= 11 is 1.24. The number of nitrogens with zero attached hydrogens (tertiary/aromatic N) is 4. The molecule has 0 unspecified atom stereocenters. The predicted octanol–water partition coefficient (Wildman–Crippen LogP) is 3.78. The van der Waals surface area contributed by atoms with Gasteiger partial charge in [-0.1, -0.05) is 49.9 Å². The lowest BCUT2D eigenvalue weighted by molar-refractivity contribution is -0.114. The quantitative estimate of drug-likeness (QED) is 0.560. The van der Waals surface area contributed by atoms with Gasteiger partial charge in [-0.05, 0) is 52.6 Å². The smallest absolute Gasteiger partial charge is 0.234 e. The third kappa shape index (κ3) is 5.24. The summed E-state index contributed by atoms with van der Waals surface area (Å²) in [4.78, 5) is 23.9. The second-order valence-electron chi connectivity index (χ2n) is 7.14. The van der Waals surface area contributed by atoms with Crippen LogP contribution in [0.15, 0.2) is 47.6 Å². The van der Waals surface area contributed by atoms with Crippen molar-refractivity contribution in [2.24, 2.45) is 0 Å². The zero-order valence-corrected chi connectivity index (χ0v) is 18.2. The van der Waals surface area contributed by atoms with Gasteiger partial charge >= 0.3 is 0 Å². The summed E-state index contributed by atoms with van der Waals surface area (Å²) in [5, 5.41) is 18.0. The number of carbonyl (C=O) groups is 2. The molecular weight excluding hydrogens is 400 g/mol. The summed E-state index contributed by atoms with van der Waals surface area (Å²) in [5.74, 6) is 0.179. The first-order valence-corrected chi connectivity index (χ1v) is 10.5. The Morgan fingerprint density at radius 2 is 1.90 bits per heavy atom. The number of hydrogen-bond acceptors (Lipinski definition) is 6. The Morgan fingerprint density at radius 3 is 2.63 bits per heavy atom. The van der Waals surface area contributed by atoms with Crippen molar-refractivity contribution in [3.05, 3.63) is 53.6 Å². The van der Waals surface area contributed by atoms with Crippen LogP contribution < -0.4 is 10.6 Å². The lowest BCUT2D eigenvalue weighted by Crippen LogP contribution is -2.17. The lowest BCUT2D eigenvalue weighted by atomic mass is 9.98. The van der Waals surface area contributed by atoms with Gasteiger partial charge in [0.25, 0.3) is 0 Å². The Bertz CT molecular complexity index is 1060. The van der Waals surface area contributed by atoms with E-state index < -0.39 is 0 Å². The van der Waals surface area contributed by atoms with Crippen molar-refractivity contribution in [1.82, 2.24) is 20.2 Å². The lowest BCUT2D eigenvalue weighted by Gasteiger charge is -2.16. The average molecular weight is 425 g/mol. The number of anilines is 2. The molecule has 0 saturated carbocycles. The van der Waals surface area contributed by atoms with Crippen molar-refractivity contribution in [3.63, 3.8) is 0 Å². The largest absolute Gasteiger partial charge is 0.326 e. The molecule has 30 heavy (non-hydrogen) atoms. The summed E-state index contributed by atoms with van der Waals surface area (Å²) in [6, 6.07) is 13.2. The molecule has 3 aromatic rings. The van der Waals surface area contributed by atoms with Crippen LogP contribution in [0.4, 0.5) is 11.4 Å². The number of para-hydroxylation sites is 1. The van der Waals surface area contributed by atoms with Crippen LogP contribution in [0.1, 0.15) is 37.8 Å². The van der Waals surface area contributed by atoms with E-state index in [9.17, 15) is 9.59 Å². The van der Waals surface area contributed by atoms with Crippen LogP contribution in [0.5, 0.6) is 0 Å². The minimum atomic E-state index is -0.160. The molecule has 156 valence electrons. The monoisotopic (exact) mass is 424 g/mol. The fraction of sp³-hybridized carbons (Fsp3) is 0.286. The molecule has 0 saturated heterocycles. The minimum Gasteiger partial charge on any atom is -0.326 e. The Labute approximate surface area is 179 Å². The number of thioether (sulfide) groups is 1. The van der Waals surface area contributed by atoms with Gasteiger partial charge in [0.15, 0.2) is 0 Å². The third-order valence-corrected chi connectivity index (χ3v) is 5.30. The molecule has 3 rings (SSSR count). The SMILES string of the molecule is CC(=O)Nc1cccc(-n2nnnc2SCC(=O)Nc2c(C)cccc2C(C)C)c1. The number of hydrogen-bond donors (Lipinski definition) is 2. The Hall–Kier alpha value is -3.20. The molecule has 2 amide bonds. The number of aryl methyl sites for hydroxylation is 1. The fourth-order valence-corrected chi connectivity index (χ4v) is 3.69. The van der Waals surface area contributed by atoms with E-state index >= 15 is 0 Å². The maximum absolute atomic E-state index is 12.6. The number of benzene rings is 2. The zero-order chi connectivity index (χ0) is 21.7. The number of rotatable bonds is 7. The molecule has 0 aliphatic heterocycles. The first-order chi connectivity index (χ1) is 14.3. The Morgan fingerprint density at radius 1 is 1.13 bits per heavy atom. The van der Waals surface area contributed by atoms with E-state index in [1.807, 2.05) is 31.2 Å². The Balaban J connectivity index is 1.71. The molecule has 0 spiro atoms. The highest BCUT2D eigenvalue weighted by atomic mass is 32.2. The van der Waals surface area contributed by atoms with Crippen molar-refractivity contribution < 1.29 is 9.59 Å². The summed E-state index contributed by atoms with van der Waals surface area (Å²) < 4.78 is 1.54.